The van der Waals surface area contributed by atoms with Gasteiger partial charge in [0.1, 0.15) is 11.3 Å². The van der Waals surface area contributed by atoms with E-state index in [-0.39, 0.29) is 18.6 Å². The molecule has 1 aliphatic heterocycles. The number of nitrogens with zero attached hydrogens (tertiary/aromatic N) is 2. The van der Waals surface area contributed by atoms with Crippen LogP contribution in [0.2, 0.25) is 0 Å². The van der Waals surface area contributed by atoms with E-state index in [2.05, 4.69) is 10.2 Å². The maximum Gasteiger partial charge on any atom is 0.326 e. The van der Waals surface area contributed by atoms with Crippen molar-refractivity contribution in [2.75, 3.05) is 20.3 Å². The monoisotopic (exact) mass is 367 g/mol. The number of carbonyl (C=O) groups excluding carboxylic acids is 2. The summed E-state index contributed by atoms with van der Waals surface area (Å²) in [6, 6.07) is 16.9. The number of hydrogen-bond donors (Lipinski definition) is 1. The van der Waals surface area contributed by atoms with Gasteiger partial charge in [0.15, 0.2) is 0 Å². The lowest BCUT2D eigenvalue weighted by atomic mass is 9.92. The fraction of sp³-hybridized carbons (Fsp3) is 0.333. The number of carbonyl (C=O) groups is 2. The van der Waals surface area contributed by atoms with E-state index in [1.807, 2.05) is 55.5 Å². The summed E-state index contributed by atoms with van der Waals surface area (Å²) < 4.78 is 5.25. The molecule has 2 aromatic carbocycles. The minimum Gasteiger partial charge on any atom is -0.497 e. The van der Waals surface area contributed by atoms with Crippen LogP contribution in [0.3, 0.4) is 0 Å². The van der Waals surface area contributed by atoms with E-state index in [9.17, 15) is 9.59 Å². The minimum atomic E-state index is -1.10. The van der Waals surface area contributed by atoms with Crippen LogP contribution in [0.4, 0.5) is 4.79 Å². The third-order valence-corrected chi connectivity index (χ3v) is 4.96. The van der Waals surface area contributed by atoms with Crippen molar-refractivity contribution < 1.29 is 14.3 Å². The van der Waals surface area contributed by atoms with Gasteiger partial charge >= 0.3 is 6.03 Å². The zero-order chi connectivity index (χ0) is 19.4. The first-order chi connectivity index (χ1) is 13.0. The van der Waals surface area contributed by atoms with Gasteiger partial charge in [-0.1, -0.05) is 49.4 Å². The average Bonchev–Trinajstić information content (AvgIpc) is 2.92. The molecule has 0 bridgehead atoms. The molecule has 1 aliphatic rings. The first-order valence-electron chi connectivity index (χ1n) is 9.03. The highest BCUT2D eigenvalue weighted by atomic mass is 16.5. The molecule has 1 heterocycles. The predicted molar refractivity (Wildman–Crippen MR) is 103 cm³/mol. The molecular weight excluding hydrogens is 342 g/mol. The Morgan fingerprint density at radius 3 is 2.52 bits per heavy atom. The summed E-state index contributed by atoms with van der Waals surface area (Å²) in [6.07, 6.45) is 0. The normalized spacial score (nSPS) is 19.5. The van der Waals surface area contributed by atoms with Crippen LogP contribution in [0.25, 0.3) is 0 Å². The van der Waals surface area contributed by atoms with E-state index in [4.69, 9.17) is 4.74 Å². The molecule has 1 fully saturated rings. The van der Waals surface area contributed by atoms with E-state index in [0.717, 1.165) is 12.1 Å². The molecule has 2 aromatic rings. The first-order valence-corrected chi connectivity index (χ1v) is 9.03. The summed E-state index contributed by atoms with van der Waals surface area (Å²) in [5.74, 6) is 0.390. The number of imide groups is 1. The largest absolute Gasteiger partial charge is 0.497 e. The Morgan fingerprint density at radius 2 is 1.85 bits per heavy atom. The highest BCUT2D eigenvalue weighted by Crippen LogP contribution is 2.31. The molecule has 142 valence electrons. The van der Waals surface area contributed by atoms with Crippen LogP contribution in [-0.2, 0) is 16.9 Å². The standard InChI is InChI=1S/C21H25N3O3/c1-4-23(14-16-9-6-5-7-10-16)15-24-19(25)21(2,22-20(24)26)17-11-8-12-18(13-17)27-3/h5-13H,4,14-15H2,1-3H3,(H,22,26)/t21-/m0/s1. The van der Waals surface area contributed by atoms with Crippen molar-refractivity contribution >= 4 is 11.9 Å². The molecule has 1 atom stereocenters. The van der Waals surface area contributed by atoms with Crippen LogP contribution >= 0.6 is 0 Å². The lowest BCUT2D eigenvalue weighted by Gasteiger charge is -2.26. The summed E-state index contributed by atoms with van der Waals surface area (Å²) in [4.78, 5) is 29.0. The molecule has 6 heteroatoms. The van der Waals surface area contributed by atoms with Crippen molar-refractivity contribution in [3.8, 4) is 5.75 Å². The molecule has 6 nitrogen and oxygen atoms in total. The van der Waals surface area contributed by atoms with Crippen LogP contribution in [-0.4, -0.2) is 42.1 Å². The van der Waals surface area contributed by atoms with E-state index >= 15 is 0 Å². The maximum absolute atomic E-state index is 13.1. The van der Waals surface area contributed by atoms with E-state index in [1.54, 1.807) is 20.1 Å². The number of rotatable bonds is 7. The summed E-state index contributed by atoms with van der Waals surface area (Å²) in [5, 5.41) is 2.85. The van der Waals surface area contributed by atoms with Crippen LogP contribution in [0.15, 0.2) is 54.6 Å². The van der Waals surface area contributed by atoms with Gasteiger partial charge in [-0.25, -0.2) is 9.69 Å². The molecule has 3 amide bonds. The second-order valence-corrected chi connectivity index (χ2v) is 6.79. The van der Waals surface area contributed by atoms with Crippen LogP contribution < -0.4 is 10.1 Å². The Bertz CT molecular complexity index is 824. The van der Waals surface area contributed by atoms with Gasteiger partial charge in [0.25, 0.3) is 5.91 Å². The highest BCUT2D eigenvalue weighted by Gasteiger charge is 2.49. The molecule has 0 aromatic heterocycles. The Morgan fingerprint density at radius 1 is 1.11 bits per heavy atom. The number of amides is 3. The number of benzene rings is 2. The van der Waals surface area contributed by atoms with Crippen molar-refractivity contribution in [2.24, 2.45) is 0 Å². The van der Waals surface area contributed by atoms with Gasteiger partial charge in [0, 0.05) is 6.54 Å². The quantitative estimate of drug-likeness (QED) is 0.765. The van der Waals surface area contributed by atoms with E-state index < -0.39 is 5.54 Å². The Hall–Kier alpha value is -2.86. The Labute approximate surface area is 159 Å². The number of hydrogen-bond acceptors (Lipinski definition) is 4. The van der Waals surface area contributed by atoms with Gasteiger partial charge in [-0.05, 0) is 36.7 Å². The molecule has 1 saturated heterocycles. The van der Waals surface area contributed by atoms with Crippen LogP contribution in [0, 0.1) is 0 Å². The van der Waals surface area contributed by atoms with Gasteiger partial charge in [-0.15, -0.1) is 0 Å². The van der Waals surface area contributed by atoms with Gasteiger partial charge in [-0.2, -0.15) is 0 Å². The summed E-state index contributed by atoms with van der Waals surface area (Å²) in [6.45, 7) is 5.39. The molecular formula is C21H25N3O3. The second-order valence-electron chi connectivity index (χ2n) is 6.79. The number of nitrogens with one attached hydrogen (secondary N) is 1. The molecule has 3 rings (SSSR count). The second kappa shape index (κ2) is 7.80. The topological polar surface area (TPSA) is 61.9 Å². The maximum atomic E-state index is 13.1. The molecule has 0 saturated carbocycles. The average molecular weight is 367 g/mol. The predicted octanol–water partition coefficient (Wildman–Crippen LogP) is 2.94. The lowest BCUT2D eigenvalue weighted by molar-refractivity contribution is -0.132. The molecule has 1 N–H and O–H groups in total. The smallest absolute Gasteiger partial charge is 0.326 e. The molecule has 0 spiro atoms. The van der Waals surface area contributed by atoms with Crippen molar-refractivity contribution in [2.45, 2.75) is 25.9 Å². The van der Waals surface area contributed by atoms with E-state index in [0.29, 0.717) is 17.9 Å². The van der Waals surface area contributed by atoms with Crippen molar-refractivity contribution in [3.63, 3.8) is 0 Å². The van der Waals surface area contributed by atoms with Crippen molar-refractivity contribution in [3.05, 3.63) is 65.7 Å². The zero-order valence-electron chi connectivity index (χ0n) is 15.9. The molecule has 0 radical (unpaired) electrons. The lowest BCUT2D eigenvalue weighted by Crippen LogP contribution is -2.43. The Balaban J connectivity index is 1.78. The highest BCUT2D eigenvalue weighted by molar-refractivity contribution is 6.07. The van der Waals surface area contributed by atoms with Gasteiger partial charge in [-0.3, -0.25) is 9.69 Å². The third kappa shape index (κ3) is 3.80. The molecule has 0 unspecified atom stereocenters. The van der Waals surface area contributed by atoms with Crippen molar-refractivity contribution in [1.29, 1.82) is 0 Å². The van der Waals surface area contributed by atoms with E-state index in [1.165, 1.54) is 4.90 Å². The fourth-order valence-corrected chi connectivity index (χ4v) is 3.26. The summed E-state index contributed by atoms with van der Waals surface area (Å²) in [7, 11) is 1.57. The molecule has 0 aliphatic carbocycles. The van der Waals surface area contributed by atoms with Gasteiger partial charge < -0.3 is 10.1 Å². The van der Waals surface area contributed by atoms with Gasteiger partial charge in [0.2, 0.25) is 0 Å². The van der Waals surface area contributed by atoms with Gasteiger partial charge in [0.05, 0.1) is 13.8 Å². The fourth-order valence-electron chi connectivity index (χ4n) is 3.26. The summed E-state index contributed by atoms with van der Waals surface area (Å²) >= 11 is 0. The zero-order valence-corrected chi connectivity index (χ0v) is 15.9. The Kier molecular flexibility index (Phi) is 5.46. The van der Waals surface area contributed by atoms with Crippen LogP contribution in [0.5, 0.6) is 5.75 Å². The SMILES string of the molecule is CCN(Cc1ccccc1)CN1C(=O)N[C@@](C)(c2cccc(OC)c2)C1=O. The number of methoxy groups -OCH3 is 1. The molecule has 27 heavy (non-hydrogen) atoms. The summed E-state index contributed by atoms with van der Waals surface area (Å²) in [5.41, 5.74) is 0.744. The third-order valence-electron chi connectivity index (χ3n) is 4.96. The number of ether oxygens (including phenoxy) is 1. The minimum absolute atomic E-state index is 0.246. The number of urea groups is 1. The first kappa shape index (κ1) is 18.9. The van der Waals surface area contributed by atoms with Crippen molar-refractivity contribution in [1.82, 2.24) is 15.1 Å². The van der Waals surface area contributed by atoms with Crippen LogP contribution in [0.1, 0.15) is 25.0 Å².